The van der Waals surface area contributed by atoms with Gasteiger partial charge in [0, 0.05) is 23.8 Å². The fraction of sp³-hybridized carbons (Fsp3) is 0.211. The number of phenols is 3. The van der Waals surface area contributed by atoms with Gasteiger partial charge in [-0.05, 0) is 6.92 Å². The van der Waals surface area contributed by atoms with E-state index >= 15 is 0 Å². The Hall–Kier alpha value is -3.35. The molecule has 0 bridgehead atoms. The van der Waals surface area contributed by atoms with E-state index in [1.54, 1.807) is 19.1 Å². The first kappa shape index (κ1) is 17.5. The molecule has 0 atom stereocenters. The predicted molar refractivity (Wildman–Crippen MR) is 95.4 cm³/mol. The number of phenolic OH excluding ortho intramolecular Hbond substituents is 3. The summed E-state index contributed by atoms with van der Waals surface area (Å²) in [6.45, 7) is 1.77. The number of aromatic hydroxyl groups is 3. The van der Waals surface area contributed by atoms with Crippen molar-refractivity contribution in [3.05, 3.63) is 29.8 Å². The highest BCUT2D eigenvalue weighted by Gasteiger charge is 2.30. The van der Waals surface area contributed by atoms with Gasteiger partial charge in [-0.2, -0.15) is 0 Å². The van der Waals surface area contributed by atoms with Crippen molar-refractivity contribution < 1.29 is 33.9 Å². The number of ether oxygens (including phenoxy) is 3. The van der Waals surface area contributed by atoms with Crippen molar-refractivity contribution in [3.63, 3.8) is 0 Å². The van der Waals surface area contributed by atoms with E-state index in [1.165, 1.54) is 33.5 Å². The maximum atomic E-state index is 10.2. The molecule has 0 aliphatic carbocycles. The van der Waals surface area contributed by atoms with Gasteiger partial charge in [0.15, 0.2) is 11.5 Å². The summed E-state index contributed by atoms with van der Waals surface area (Å²) in [5.41, 5.74) is 1.44. The number of hydrogen-bond acceptors (Lipinski definition) is 6. The van der Waals surface area contributed by atoms with Crippen molar-refractivity contribution in [1.82, 2.24) is 0 Å². The molecule has 0 spiro atoms. The molecule has 0 aliphatic rings. The van der Waals surface area contributed by atoms with Crippen molar-refractivity contribution in [3.8, 4) is 45.8 Å². The fourth-order valence-corrected chi connectivity index (χ4v) is 2.94. The standard InChI is InChI=1S/C19H18O7/c1-9-16-12(21)7-11(20)8-13(16)26-19(18(9)25-4)10-5-14(23-2)17(22)15(6-10)24-3/h5-8H,1-4H3,(H2-,20,21,22)/p+1. The smallest absolute Gasteiger partial charge is 0.402 e. The first-order chi connectivity index (χ1) is 12.4. The average Bonchev–Trinajstić information content (AvgIpc) is 2.61. The lowest BCUT2D eigenvalue weighted by Crippen LogP contribution is -1.95. The fourth-order valence-electron chi connectivity index (χ4n) is 2.94. The summed E-state index contributed by atoms with van der Waals surface area (Å²) < 4.78 is 21.8. The van der Waals surface area contributed by atoms with E-state index in [0.29, 0.717) is 28.0 Å². The van der Waals surface area contributed by atoms with E-state index in [9.17, 15) is 15.3 Å². The number of methoxy groups -OCH3 is 3. The molecule has 3 rings (SSSR count). The Balaban J connectivity index is 2.38. The third-order valence-electron chi connectivity index (χ3n) is 4.15. The Kier molecular flexibility index (Phi) is 4.38. The zero-order valence-electron chi connectivity index (χ0n) is 14.8. The third-order valence-corrected chi connectivity index (χ3v) is 4.15. The van der Waals surface area contributed by atoms with Crippen LogP contribution in [0.5, 0.6) is 34.5 Å². The van der Waals surface area contributed by atoms with E-state index in [2.05, 4.69) is 0 Å². The zero-order chi connectivity index (χ0) is 19.0. The van der Waals surface area contributed by atoms with Gasteiger partial charge in [-0.3, -0.25) is 0 Å². The van der Waals surface area contributed by atoms with Gasteiger partial charge < -0.3 is 29.5 Å². The quantitative estimate of drug-likeness (QED) is 0.609. The van der Waals surface area contributed by atoms with Crippen molar-refractivity contribution in [2.45, 2.75) is 6.92 Å². The minimum absolute atomic E-state index is 0.119. The molecule has 136 valence electrons. The highest BCUT2D eigenvalue weighted by Crippen LogP contribution is 2.46. The molecule has 1 aromatic heterocycles. The number of fused-ring (bicyclic) bond motifs is 1. The van der Waals surface area contributed by atoms with Crippen LogP contribution in [0.25, 0.3) is 22.3 Å². The second-order valence-electron chi connectivity index (χ2n) is 5.66. The van der Waals surface area contributed by atoms with Gasteiger partial charge in [-0.1, -0.05) is 0 Å². The van der Waals surface area contributed by atoms with E-state index in [-0.39, 0.29) is 34.3 Å². The van der Waals surface area contributed by atoms with Crippen LogP contribution in [0.3, 0.4) is 0 Å². The lowest BCUT2D eigenvalue weighted by atomic mass is 10.0. The van der Waals surface area contributed by atoms with Crippen molar-refractivity contribution >= 4 is 11.0 Å². The van der Waals surface area contributed by atoms with Crippen molar-refractivity contribution in [1.29, 1.82) is 0 Å². The van der Waals surface area contributed by atoms with Crippen LogP contribution >= 0.6 is 0 Å². The van der Waals surface area contributed by atoms with Crippen LogP contribution in [-0.2, 0) is 0 Å². The van der Waals surface area contributed by atoms with E-state index in [1.807, 2.05) is 0 Å². The van der Waals surface area contributed by atoms with E-state index in [4.69, 9.17) is 18.6 Å². The maximum Gasteiger partial charge on any atom is 0.402 e. The normalized spacial score (nSPS) is 10.8. The molecule has 7 heteroatoms. The molecule has 2 aromatic carbocycles. The predicted octanol–water partition coefficient (Wildman–Crippen LogP) is 3.83. The molecule has 0 saturated heterocycles. The Morgan fingerprint density at radius 3 is 2.00 bits per heavy atom. The summed E-state index contributed by atoms with van der Waals surface area (Å²) >= 11 is 0. The van der Waals surface area contributed by atoms with Crippen LogP contribution in [0, 0.1) is 6.92 Å². The highest BCUT2D eigenvalue weighted by atomic mass is 16.5. The molecular formula is C19H19O7+. The summed E-state index contributed by atoms with van der Waals surface area (Å²) in [5.74, 6) is 0.751. The first-order valence-corrected chi connectivity index (χ1v) is 7.73. The summed E-state index contributed by atoms with van der Waals surface area (Å²) in [4.78, 5) is 0. The summed E-state index contributed by atoms with van der Waals surface area (Å²) in [5, 5.41) is 30.5. The van der Waals surface area contributed by atoms with Crippen LogP contribution in [0.15, 0.2) is 28.7 Å². The van der Waals surface area contributed by atoms with Crippen LogP contribution in [0.4, 0.5) is 0 Å². The monoisotopic (exact) mass is 359 g/mol. The summed E-state index contributed by atoms with van der Waals surface area (Å²) in [7, 11) is 4.34. The molecule has 3 N–H and O–H groups in total. The summed E-state index contributed by atoms with van der Waals surface area (Å²) in [6.07, 6.45) is 0. The first-order valence-electron chi connectivity index (χ1n) is 7.73. The van der Waals surface area contributed by atoms with Crippen LogP contribution < -0.4 is 14.2 Å². The molecule has 7 nitrogen and oxygen atoms in total. The second kappa shape index (κ2) is 6.51. The van der Waals surface area contributed by atoms with Gasteiger partial charge in [-0.15, -0.1) is 0 Å². The maximum absolute atomic E-state index is 10.2. The lowest BCUT2D eigenvalue weighted by molar-refractivity contribution is 0.340. The average molecular weight is 359 g/mol. The highest BCUT2D eigenvalue weighted by molar-refractivity contribution is 5.92. The lowest BCUT2D eigenvalue weighted by Gasteiger charge is -2.11. The molecule has 0 unspecified atom stereocenters. The molecule has 0 amide bonds. The van der Waals surface area contributed by atoms with Crippen LogP contribution in [0.2, 0.25) is 0 Å². The van der Waals surface area contributed by atoms with E-state index in [0.717, 1.165) is 0 Å². The SMILES string of the molecule is COc1cc(-c2[o+]c3cc(O)cc(O)c3c(C)c2OC)cc(OC)c1O. The number of rotatable bonds is 4. The van der Waals surface area contributed by atoms with Gasteiger partial charge in [0.05, 0.1) is 33.0 Å². The molecule has 0 radical (unpaired) electrons. The second-order valence-corrected chi connectivity index (χ2v) is 5.66. The van der Waals surface area contributed by atoms with Gasteiger partial charge >= 0.3 is 11.3 Å². The number of hydrogen-bond donors (Lipinski definition) is 3. The van der Waals surface area contributed by atoms with Crippen molar-refractivity contribution in [2.24, 2.45) is 0 Å². The van der Waals surface area contributed by atoms with Gasteiger partial charge in [-0.25, -0.2) is 4.42 Å². The van der Waals surface area contributed by atoms with Gasteiger partial charge in [0.25, 0.3) is 0 Å². The molecule has 0 fully saturated rings. The van der Waals surface area contributed by atoms with Crippen molar-refractivity contribution in [2.75, 3.05) is 21.3 Å². The number of benzene rings is 2. The topological polar surface area (TPSA) is 99.7 Å². The Bertz CT molecular complexity index is 970. The molecule has 0 saturated carbocycles. The molecule has 26 heavy (non-hydrogen) atoms. The van der Waals surface area contributed by atoms with Gasteiger partial charge in [0.2, 0.25) is 11.5 Å². The van der Waals surface area contributed by atoms with Gasteiger partial charge in [0.1, 0.15) is 16.9 Å². The molecular weight excluding hydrogens is 340 g/mol. The largest absolute Gasteiger partial charge is 0.507 e. The number of aryl methyl sites for hydroxylation is 1. The molecule has 1 heterocycles. The zero-order valence-corrected chi connectivity index (χ0v) is 14.8. The Morgan fingerprint density at radius 1 is 0.846 bits per heavy atom. The minimum Gasteiger partial charge on any atom is -0.507 e. The molecule has 0 aliphatic heterocycles. The Labute approximate surface area is 149 Å². The van der Waals surface area contributed by atoms with Crippen LogP contribution in [0.1, 0.15) is 5.56 Å². The Morgan fingerprint density at radius 2 is 1.46 bits per heavy atom. The van der Waals surface area contributed by atoms with E-state index < -0.39 is 0 Å². The van der Waals surface area contributed by atoms with Crippen LogP contribution in [-0.4, -0.2) is 36.6 Å². The minimum atomic E-state index is -0.134. The third kappa shape index (κ3) is 2.67. The molecule has 3 aromatic rings. The summed E-state index contributed by atoms with van der Waals surface area (Å²) in [6, 6.07) is 5.79.